The van der Waals surface area contributed by atoms with Gasteiger partial charge in [-0.05, 0) is 39.5 Å². The molecular formula is C8H5BrClN. The molecule has 11 heavy (non-hydrogen) atoms. The van der Waals surface area contributed by atoms with Gasteiger partial charge in [0.1, 0.15) is 9.76 Å². The van der Waals surface area contributed by atoms with E-state index in [0.29, 0.717) is 5.15 Å². The molecule has 0 unspecified atom stereocenters. The van der Waals surface area contributed by atoms with E-state index in [4.69, 9.17) is 11.6 Å². The van der Waals surface area contributed by atoms with Gasteiger partial charge < -0.3 is 0 Å². The molecule has 1 aromatic heterocycles. The summed E-state index contributed by atoms with van der Waals surface area (Å²) in [6, 6.07) is 1.88. The van der Waals surface area contributed by atoms with Crippen LogP contribution in [0.4, 0.5) is 0 Å². The lowest BCUT2D eigenvalue weighted by Crippen LogP contribution is -1.87. The molecule has 0 aromatic carbocycles. The monoisotopic (exact) mass is 229 g/mol. The quantitative estimate of drug-likeness (QED) is 0.624. The van der Waals surface area contributed by atoms with Crippen molar-refractivity contribution in [3.8, 4) is 0 Å². The van der Waals surface area contributed by atoms with Crippen LogP contribution in [0.25, 0.3) is 6.08 Å². The van der Waals surface area contributed by atoms with E-state index in [9.17, 15) is 0 Å². The molecule has 1 aliphatic rings. The van der Waals surface area contributed by atoms with Crippen molar-refractivity contribution in [1.29, 1.82) is 0 Å². The Morgan fingerprint density at radius 1 is 1.55 bits per heavy atom. The van der Waals surface area contributed by atoms with E-state index in [1.54, 1.807) is 0 Å². The Bertz CT molecular complexity index is 333. The van der Waals surface area contributed by atoms with Crippen LogP contribution in [-0.2, 0) is 6.42 Å². The van der Waals surface area contributed by atoms with Crippen molar-refractivity contribution in [3.05, 3.63) is 33.0 Å². The summed E-state index contributed by atoms with van der Waals surface area (Å²) in [5.41, 5.74) is 2.41. The lowest BCUT2D eigenvalue weighted by Gasteiger charge is -2.00. The summed E-state index contributed by atoms with van der Waals surface area (Å²) in [7, 11) is 0. The third-order valence-corrected chi connectivity index (χ3v) is 2.55. The molecular weight excluding hydrogens is 225 g/mol. The van der Waals surface area contributed by atoms with Gasteiger partial charge in [0, 0.05) is 0 Å². The van der Waals surface area contributed by atoms with Crippen molar-refractivity contribution in [2.24, 2.45) is 0 Å². The van der Waals surface area contributed by atoms with E-state index in [1.165, 1.54) is 11.1 Å². The van der Waals surface area contributed by atoms with Crippen LogP contribution in [0.3, 0.4) is 0 Å². The Morgan fingerprint density at radius 3 is 3.18 bits per heavy atom. The molecule has 0 N–H and O–H groups in total. The van der Waals surface area contributed by atoms with Crippen LogP contribution in [0.1, 0.15) is 11.1 Å². The van der Waals surface area contributed by atoms with Gasteiger partial charge in [-0.15, -0.1) is 0 Å². The maximum atomic E-state index is 5.75. The number of aromatic nitrogens is 1. The highest BCUT2D eigenvalue weighted by Crippen LogP contribution is 2.27. The highest BCUT2D eigenvalue weighted by atomic mass is 79.9. The van der Waals surface area contributed by atoms with Crippen LogP contribution in [0.5, 0.6) is 0 Å². The fourth-order valence-electron chi connectivity index (χ4n) is 1.18. The lowest BCUT2D eigenvalue weighted by molar-refractivity contribution is 1.17. The first-order chi connectivity index (χ1) is 5.27. The first-order valence-corrected chi connectivity index (χ1v) is 4.46. The zero-order valence-electron chi connectivity index (χ0n) is 5.64. The number of pyridine rings is 1. The van der Waals surface area contributed by atoms with E-state index in [2.05, 4.69) is 33.1 Å². The minimum atomic E-state index is 0.544. The zero-order valence-corrected chi connectivity index (χ0v) is 7.98. The number of halogens is 2. The normalized spacial score (nSPS) is 13.6. The summed E-state index contributed by atoms with van der Waals surface area (Å²) in [5.74, 6) is 0. The summed E-state index contributed by atoms with van der Waals surface area (Å²) in [4.78, 5) is 4.09. The minimum absolute atomic E-state index is 0.544. The molecule has 1 heterocycles. The Kier molecular flexibility index (Phi) is 1.74. The molecule has 0 saturated heterocycles. The number of hydrogen-bond acceptors (Lipinski definition) is 1. The maximum Gasteiger partial charge on any atom is 0.131 e. The van der Waals surface area contributed by atoms with E-state index < -0.39 is 0 Å². The second-order valence-corrected chi connectivity index (χ2v) is 3.55. The number of hydrogen-bond donors (Lipinski definition) is 0. The molecule has 0 saturated carbocycles. The third-order valence-electron chi connectivity index (χ3n) is 1.70. The van der Waals surface area contributed by atoms with Crippen molar-refractivity contribution in [3.63, 3.8) is 0 Å². The van der Waals surface area contributed by atoms with Crippen molar-refractivity contribution in [2.75, 3.05) is 0 Å². The second-order valence-electron chi connectivity index (χ2n) is 2.41. The fraction of sp³-hybridized carbons (Fsp3) is 0.125. The van der Waals surface area contributed by atoms with Crippen LogP contribution in [0.15, 0.2) is 16.7 Å². The topological polar surface area (TPSA) is 12.9 Å². The van der Waals surface area contributed by atoms with Gasteiger partial charge in [0.05, 0.1) is 0 Å². The van der Waals surface area contributed by atoms with Crippen molar-refractivity contribution in [1.82, 2.24) is 4.98 Å². The number of allylic oxidation sites excluding steroid dienone is 1. The Balaban J connectivity index is 2.66. The van der Waals surface area contributed by atoms with Gasteiger partial charge in [0.2, 0.25) is 0 Å². The summed E-state index contributed by atoms with van der Waals surface area (Å²) < 4.78 is 0.866. The smallest absolute Gasteiger partial charge is 0.131 e. The standard InChI is InChI=1S/C8H5BrClN/c9-8-6-3-1-2-5(6)4-7(10)11-8/h1-2,4H,3H2. The van der Waals surface area contributed by atoms with Gasteiger partial charge >= 0.3 is 0 Å². The van der Waals surface area contributed by atoms with Crippen LogP contribution < -0.4 is 0 Å². The minimum Gasteiger partial charge on any atom is -0.229 e. The zero-order chi connectivity index (χ0) is 7.84. The average Bonchev–Trinajstić information content (AvgIpc) is 2.34. The Labute approximate surface area is 78.2 Å². The number of rotatable bonds is 0. The predicted molar refractivity (Wildman–Crippen MR) is 49.7 cm³/mol. The molecule has 1 aliphatic carbocycles. The molecule has 56 valence electrons. The fourth-order valence-corrected chi connectivity index (χ4v) is 2.07. The number of nitrogens with zero attached hydrogens (tertiary/aromatic N) is 1. The second kappa shape index (κ2) is 2.61. The molecule has 3 heteroatoms. The van der Waals surface area contributed by atoms with Gasteiger partial charge in [-0.2, -0.15) is 0 Å². The molecule has 0 bridgehead atoms. The van der Waals surface area contributed by atoms with Gasteiger partial charge in [-0.3, -0.25) is 0 Å². The Morgan fingerprint density at radius 2 is 2.36 bits per heavy atom. The van der Waals surface area contributed by atoms with Crippen LogP contribution in [-0.4, -0.2) is 4.98 Å². The highest BCUT2D eigenvalue weighted by Gasteiger charge is 2.10. The lowest BCUT2D eigenvalue weighted by atomic mass is 10.2. The van der Waals surface area contributed by atoms with Gasteiger partial charge in [0.15, 0.2) is 0 Å². The molecule has 2 rings (SSSR count). The van der Waals surface area contributed by atoms with Crippen LogP contribution in [0.2, 0.25) is 5.15 Å². The van der Waals surface area contributed by atoms with Crippen molar-refractivity contribution < 1.29 is 0 Å². The summed E-state index contributed by atoms with van der Waals surface area (Å²) in [6.45, 7) is 0. The van der Waals surface area contributed by atoms with Crippen LogP contribution >= 0.6 is 27.5 Å². The first kappa shape index (κ1) is 7.32. The van der Waals surface area contributed by atoms with E-state index in [1.807, 2.05) is 6.07 Å². The van der Waals surface area contributed by atoms with E-state index >= 15 is 0 Å². The first-order valence-electron chi connectivity index (χ1n) is 3.29. The molecule has 0 atom stereocenters. The molecule has 0 fully saturated rings. The maximum absolute atomic E-state index is 5.75. The Hall–Kier alpha value is -0.340. The van der Waals surface area contributed by atoms with Gasteiger partial charge in [0.25, 0.3) is 0 Å². The molecule has 0 spiro atoms. The largest absolute Gasteiger partial charge is 0.229 e. The average molecular weight is 230 g/mol. The van der Waals surface area contributed by atoms with Crippen molar-refractivity contribution in [2.45, 2.75) is 6.42 Å². The number of fused-ring (bicyclic) bond motifs is 1. The van der Waals surface area contributed by atoms with Gasteiger partial charge in [-0.25, -0.2) is 4.98 Å². The molecule has 0 amide bonds. The molecule has 0 radical (unpaired) electrons. The summed E-state index contributed by atoms with van der Waals surface area (Å²) in [5, 5.41) is 0.544. The van der Waals surface area contributed by atoms with Crippen LogP contribution in [0, 0.1) is 0 Å². The third kappa shape index (κ3) is 1.21. The SMILES string of the molecule is Clc1cc2c(c(Br)n1)CC=C2. The van der Waals surface area contributed by atoms with E-state index in [0.717, 1.165) is 11.0 Å². The summed E-state index contributed by atoms with van der Waals surface area (Å²) in [6.07, 6.45) is 5.13. The van der Waals surface area contributed by atoms with Crippen molar-refractivity contribution >= 4 is 33.6 Å². The molecule has 0 aliphatic heterocycles. The van der Waals surface area contributed by atoms with Gasteiger partial charge in [-0.1, -0.05) is 23.8 Å². The predicted octanol–water partition coefficient (Wildman–Crippen LogP) is 3.07. The van der Waals surface area contributed by atoms with E-state index in [-0.39, 0.29) is 0 Å². The molecule has 1 aromatic rings. The summed E-state index contributed by atoms with van der Waals surface area (Å²) >= 11 is 9.12. The molecule has 1 nitrogen and oxygen atoms in total. The highest BCUT2D eigenvalue weighted by molar-refractivity contribution is 9.10.